The van der Waals surface area contributed by atoms with Crippen molar-refractivity contribution in [3.05, 3.63) is 65.7 Å². The Morgan fingerprint density at radius 1 is 1.11 bits per heavy atom. The number of halogens is 3. The van der Waals surface area contributed by atoms with Crippen LogP contribution in [0.3, 0.4) is 0 Å². The van der Waals surface area contributed by atoms with Crippen LogP contribution in [-0.2, 0) is 21.7 Å². The van der Waals surface area contributed by atoms with Gasteiger partial charge in [0, 0.05) is 30.7 Å². The third-order valence-electron chi connectivity index (χ3n) is 8.59. The number of esters is 1. The Balaban J connectivity index is 0.00000304. The molecule has 1 aliphatic heterocycles. The fourth-order valence-corrected chi connectivity index (χ4v) is 6.80. The Morgan fingerprint density at radius 3 is 2.42 bits per heavy atom. The van der Waals surface area contributed by atoms with Crippen LogP contribution in [0.5, 0.6) is 5.75 Å². The zero-order valence-electron chi connectivity index (χ0n) is 20.7. The highest BCUT2D eigenvalue weighted by Gasteiger charge is 2.61. The summed E-state index contributed by atoms with van der Waals surface area (Å²) < 4.78 is 40.4. The lowest BCUT2D eigenvalue weighted by Gasteiger charge is -2.39. The van der Waals surface area contributed by atoms with E-state index in [1.54, 1.807) is 37.4 Å². The van der Waals surface area contributed by atoms with E-state index < -0.39 is 29.8 Å². The topological polar surface area (TPSA) is 55.8 Å². The summed E-state index contributed by atoms with van der Waals surface area (Å²) in [5, 5.41) is 11.7. The second-order valence-corrected chi connectivity index (χ2v) is 10.9. The Morgan fingerprint density at radius 2 is 1.81 bits per heavy atom. The maximum Gasteiger partial charge on any atom is 0.343 e. The van der Waals surface area contributed by atoms with Crippen LogP contribution < -0.4 is 21.7 Å². The molecule has 1 heterocycles. The Bertz CT molecular complexity index is 1070. The molecule has 6 atom stereocenters. The van der Waals surface area contributed by atoms with E-state index in [2.05, 4.69) is 19.2 Å². The smallest absolute Gasteiger partial charge is 0.343 e. The summed E-state index contributed by atoms with van der Waals surface area (Å²) in [6.07, 6.45) is 0.797. The summed E-state index contributed by atoms with van der Waals surface area (Å²) in [7, 11) is 3.83. The number of ether oxygens (including phenoxy) is 2. The number of alkyl halides is 2. The van der Waals surface area contributed by atoms with Crippen LogP contribution in [0, 0.1) is 11.8 Å². The molecule has 0 amide bonds. The van der Waals surface area contributed by atoms with E-state index in [1.165, 1.54) is 5.56 Å². The van der Waals surface area contributed by atoms with Crippen molar-refractivity contribution in [2.45, 2.75) is 62.3 Å². The van der Waals surface area contributed by atoms with Crippen molar-refractivity contribution >= 4 is 5.97 Å². The molecule has 8 heteroatoms. The highest BCUT2D eigenvalue weighted by atomic mass is 79.9. The first-order chi connectivity index (χ1) is 16.6. The van der Waals surface area contributed by atoms with Crippen molar-refractivity contribution in [3.63, 3.8) is 0 Å². The van der Waals surface area contributed by atoms with E-state index >= 15 is 0 Å². The van der Waals surface area contributed by atoms with Crippen LogP contribution in [0.15, 0.2) is 54.6 Å². The van der Waals surface area contributed by atoms with Crippen LogP contribution >= 0.6 is 0 Å². The average molecular weight is 566 g/mol. The van der Waals surface area contributed by atoms with Crippen molar-refractivity contribution in [2.24, 2.45) is 11.8 Å². The third-order valence-corrected chi connectivity index (χ3v) is 8.59. The molecule has 5 rings (SSSR count). The van der Waals surface area contributed by atoms with Gasteiger partial charge in [-0.1, -0.05) is 30.3 Å². The van der Waals surface area contributed by atoms with E-state index in [4.69, 9.17) is 9.47 Å². The largest absolute Gasteiger partial charge is 1.00 e. The van der Waals surface area contributed by atoms with Crippen LogP contribution in [-0.4, -0.2) is 54.3 Å². The zero-order valence-corrected chi connectivity index (χ0v) is 22.3. The highest BCUT2D eigenvalue weighted by molar-refractivity contribution is 5.82. The Kier molecular flexibility index (Phi) is 7.53. The number of rotatable bonds is 7. The van der Waals surface area contributed by atoms with E-state index in [0.29, 0.717) is 5.56 Å². The SMILES string of the molecule is COc1ccc(C[N+]2(C)CC3CC[C@@H]2C3OC(=O)[C@](O)(c2ccccc2)[C@@H]2CCC(F)(F)C2)cc1.[Br-]. The molecular formula is C28H34BrF2NO4. The molecule has 2 bridgehead atoms. The number of benzene rings is 2. The predicted molar refractivity (Wildman–Crippen MR) is 127 cm³/mol. The van der Waals surface area contributed by atoms with Gasteiger partial charge in [-0.2, -0.15) is 0 Å². The number of carbonyl (C=O) groups is 1. The minimum absolute atomic E-state index is 0. The minimum atomic E-state index is -2.88. The second kappa shape index (κ2) is 10.0. The van der Waals surface area contributed by atoms with Crippen LogP contribution in [0.4, 0.5) is 8.78 Å². The standard InChI is InChI=1S/C28H34F2NO4.BrH/c1-31(17-19-8-11-23(34-2)12-9-19)18-20-10-13-24(31)25(20)35-26(32)28(33,21-6-4-3-5-7-21)22-14-15-27(29,30)16-22;/h3-9,11-12,20,22,24-25,33H,10,13-18H2,1-2H3;1H/q+1;/p-1/t20?,22-,24-,25?,28+,31?;/m1./s1. The van der Waals surface area contributed by atoms with Gasteiger partial charge in [0.2, 0.25) is 5.92 Å². The van der Waals surface area contributed by atoms with Gasteiger partial charge < -0.3 is 36.0 Å². The lowest BCUT2D eigenvalue weighted by atomic mass is 9.80. The van der Waals surface area contributed by atoms with Crippen LogP contribution in [0.25, 0.3) is 0 Å². The number of aliphatic hydroxyl groups is 1. The number of likely N-dealkylation sites (tertiary alicyclic amines) is 1. The molecule has 2 aromatic rings. The van der Waals surface area contributed by atoms with E-state index in [-0.39, 0.29) is 47.9 Å². The molecule has 36 heavy (non-hydrogen) atoms. The van der Waals surface area contributed by atoms with E-state index in [0.717, 1.165) is 36.2 Å². The molecule has 2 aromatic carbocycles. The number of piperidine rings is 1. The minimum Gasteiger partial charge on any atom is -1.00 e. The fourth-order valence-electron chi connectivity index (χ4n) is 6.80. The number of nitrogens with zero attached hydrogens (tertiary/aromatic N) is 1. The van der Waals surface area contributed by atoms with Gasteiger partial charge in [-0.25, -0.2) is 13.6 Å². The first-order valence-electron chi connectivity index (χ1n) is 12.5. The molecule has 2 saturated carbocycles. The average Bonchev–Trinajstić information content (AvgIpc) is 3.49. The number of methoxy groups -OCH3 is 1. The van der Waals surface area contributed by atoms with Gasteiger partial charge in [-0.15, -0.1) is 0 Å². The zero-order chi connectivity index (χ0) is 24.8. The molecular weight excluding hydrogens is 532 g/mol. The summed E-state index contributed by atoms with van der Waals surface area (Å²) in [6.45, 7) is 1.68. The van der Waals surface area contributed by atoms with Crippen molar-refractivity contribution in [3.8, 4) is 5.75 Å². The van der Waals surface area contributed by atoms with E-state index in [1.807, 2.05) is 12.1 Å². The van der Waals surface area contributed by atoms with Crippen molar-refractivity contribution in [1.29, 1.82) is 0 Å². The molecule has 3 unspecified atom stereocenters. The third kappa shape index (κ3) is 4.79. The number of fused-ring (bicyclic) bond motifs is 2. The molecule has 1 N–H and O–H groups in total. The monoisotopic (exact) mass is 565 g/mol. The number of likely N-dealkylation sites (N-methyl/N-ethyl adjacent to an activating group) is 1. The summed E-state index contributed by atoms with van der Waals surface area (Å²) in [4.78, 5) is 13.6. The van der Waals surface area contributed by atoms with Crippen molar-refractivity contribution < 1.29 is 49.6 Å². The summed E-state index contributed by atoms with van der Waals surface area (Å²) >= 11 is 0. The number of hydrogen-bond acceptors (Lipinski definition) is 4. The number of hydrogen-bond donors (Lipinski definition) is 1. The van der Waals surface area contributed by atoms with Gasteiger partial charge in [0.1, 0.15) is 18.3 Å². The molecule has 0 aromatic heterocycles. The summed E-state index contributed by atoms with van der Waals surface area (Å²) in [5.74, 6) is -3.55. The lowest BCUT2D eigenvalue weighted by molar-refractivity contribution is -0.939. The number of quaternary nitrogens is 1. The Hall–Kier alpha value is -2.03. The number of carbonyl (C=O) groups excluding carboxylic acids is 1. The van der Waals surface area contributed by atoms with Crippen molar-refractivity contribution in [2.75, 3.05) is 20.7 Å². The van der Waals surface area contributed by atoms with Gasteiger partial charge in [0.05, 0.1) is 26.6 Å². The van der Waals surface area contributed by atoms with Crippen molar-refractivity contribution in [1.82, 2.24) is 0 Å². The summed E-state index contributed by atoms with van der Waals surface area (Å²) in [5.41, 5.74) is -0.573. The molecule has 1 saturated heterocycles. The quantitative estimate of drug-likeness (QED) is 0.410. The lowest BCUT2D eigenvalue weighted by Crippen LogP contribution is -3.00. The summed E-state index contributed by atoms with van der Waals surface area (Å²) in [6, 6.07) is 16.6. The molecule has 3 fully saturated rings. The molecule has 3 aliphatic rings. The molecule has 196 valence electrons. The fraction of sp³-hybridized carbons (Fsp3) is 0.536. The first-order valence-corrected chi connectivity index (χ1v) is 12.5. The van der Waals surface area contributed by atoms with Crippen LogP contribution in [0.2, 0.25) is 0 Å². The van der Waals surface area contributed by atoms with Gasteiger partial charge in [0.25, 0.3) is 0 Å². The van der Waals surface area contributed by atoms with E-state index in [9.17, 15) is 18.7 Å². The van der Waals surface area contributed by atoms with Crippen LogP contribution in [0.1, 0.15) is 43.2 Å². The highest BCUT2D eigenvalue weighted by Crippen LogP contribution is 2.50. The maximum absolute atomic E-state index is 14.1. The predicted octanol–water partition coefficient (Wildman–Crippen LogP) is 1.67. The van der Waals surface area contributed by atoms with Gasteiger partial charge in [-0.3, -0.25) is 0 Å². The van der Waals surface area contributed by atoms with Gasteiger partial charge >= 0.3 is 5.97 Å². The first kappa shape index (κ1) is 27.0. The Labute approximate surface area is 221 Å². The molecule has 0 spiro atoms. The second-order valence-electron chi connectivity index (χ2n) is 10.9. The normalized spacial score (nSPS) is 31.9. The van der Waals surface area contributed by atoms with Gasteiger partial charge in [0.15, 0.2) is 11.7 Å². The molecule has 5 nitrogen and oxygen atoms in total. The molecule has 2 aliphatic carbocycles. The maximum atomic E-state index is 14.1. The van der Waals surface area contributed by atoms with Gasteiger partial charge in [-0.05, 0) is 42.7 Å². The molecule has 0 radical (unpaired) electrons.